The lowest BCUT2D eigenvalue weighted by atomic mass is 10.2. The average Bonchev–Trinajstić information content (AvgIpc) is 2.63. The van der Waals surface area contributed by atoms with Crippen molar-refractivity contribution in [2.45, 2.75) is 0 Å². The Morgan fingerprint density at radius 1 is 1.12 bits per heavy atom. The monoisotopic (exact) mass is 332 g/mol. The highest BCUT2D eigenvalue weighted by Gasteiger charge is 2.19. The number of nitrogens with zero attached hydrogens (tertiary/aromatic N) is 5. The second kappa shape index (κ2) is 7.87. The van der Waals surface area contributed by atoms with Crippen molar-refractivity contribution in [3.63, 3.8) is 0 Å². The third kappa shape index (κ3) is 4.08. The molecule has 0 spiro atoms. The Morgan fingerprint density at radius 2 is 1.83 bits per heavy atom. The maximum absolute atomic E-state index is 13.0. The van der Waals surface area contributed by atoms with Crippen LogP contribution in [0.25, 0.3) is 0 Å². The molecule has 0 aliphatic carbocycles. The molecule has 0 radical (unpaired) electrons. The van der Waals surface area contributed by atoms with Gasteiger partial charge in [0.05, 0.1) is 12.8 Å². The standard InChI is InChI=1S/C16H21FN6O/c1-24-11-6-18-16-20-15(12-19-21-16)23-9-7-22(8-10-23)14-4-2-13(17)3-5-14/h2-5,12H,6-11H2,1H3,(H,18,20,21). The molecule has 0 bridgehead atoms. The SMILES string of the molecule is COCCNc1nncc(N2CCN(c3ccc(F)cc3)CC2)n1. The fourth-order valence-corrected chi connectivity index (χ4v) is 2.63. The van der Waals surface area contributed by atoms with Crippen LogP contribution in [0.5, 0.6) is 0 Å². The number of anilines is 3. The second-order valence-corrected chi connectivity index (χ2v) is 5.51. The van der Waals surface area contributed by atoms with E-state index in [9.17, 15) is 4.39 Å². The van der Waals surface area contributed by atoms with E-state index in [-0.39, 0.29) is 5.82 Å². The molecule has 24 heavy (non-hydrogen) atoms. The highest BCUT2D eigenvalue weighted by Crippen LogP contribution is 2.19. The zero-order chi connectivity index (χ0) is 16.8. The molecular formula is C16H21FN6O. The van der Waals surface area contributed by atoms with Crippen molar-refractivity contribution in [1.82, 2.24) is 15.2 Å². The molecule has 1 aromatic carbocycles. The zero-order valence-corrected chi connectivity index (χ0v) is 13.7. The van der Waals surface area contributed by atoms with Crippen LogP contribution in [0.4, 0.5) is 21.8 Å². The first-order chi connectivity index (χ1) is 11.8. The Kier molecular flexibility index (Phi) is 5.37. The molecule has 8 heteroatoms. The van der Waals surface area contributed by atoms with Crippen LogP contribution in [0.3, 0.4) is 0 Å². The molecule has 0 unspecified atom stereocenters. The number of aromatic nitrogens is 3. The molecule has 128 valence electrons. The minimum absolute atomic E-state index is 0.210. The van der Waals surface area contributed by atoms with E-state index in [0.29, 0.717) is 19.1 Å². The fraction of sp³-hybridized carbons (Fsp3) is 0.438. The molecule has 2 aromatic rings. The van der Waals surface area contributed by atoms with Crippen molar-refractivity contribution in [3.05, 3.63) is 36.3 Å². The topological polar surface area (TPSA) is 66.4 Å². The molecule has 1 aliphatic heterocycles. The molecule has 7 nitrogen and oxygen atoms in total. The minimum atomic E-state index is -0.210. The molecular weight excluding hydrogens is 311 g/mol. The number of halogens is 1. The van der Waals surface area contributed by atoms with Gasteiger partial charge in [0, 0.05) is 45.5 Å². The number of ether oxygens (including phenoxy) is 1. The Hall–Kier alpha value is -2.48. The molecule has 1 saturated heterocycles. The van der Waals surface area contributed by atoms with Gasteiger partial charge in [-0.15, -0.1) is 5.10 Å². The van der Waals surface area contributed by atoms with Crippen LogP contribution in [-0.4, -0.2) is 61.6 Å². The summed E-state index contributed by atoms with van der Waals surface area (Å²) < 4.78 is 18.0. The van der Waals surface area contributed by atoms with Crippen LogP contribution in [0.2, 0.25) is 0 Å². The van der Waals surface area contributed by atoms with Crippen LogP contribution in [-0.2, 0) is 4.74 Å². The van der Waals surface area contributed by atoms with Gasteiger partial charge in [-0.1, -0.05) is 0 Å². The van der Waals surface area contributed by atoms with Crippen molar-refractivity contribution in [3.8, 4) is 0 Å². The fourth-order valence-electron chi connectivity index (χ4n) is 2.63. The molecule has 1 N–H and O–H groups in total. The molecule has 0 saturated carbocycles. The summed E-state index contributed by atoms with van der Waals surface area (Å²) in [5, 5.41) is 11.1. The van der Waals surface area contributed by atoms with E-state index >= 15 is 0 Å². The van der Waals surface area contributed by atoms with Gasteiger partial charge in [0.2, 0.25) is 5.95 Å². The maximum atomic E-state index is 13.0. The molecule has 0 amide bonds. The quantitative estimate of drug-likeness (QED) is 0.802. The molecule has 1 fully saturated rings. The van der Waals surface area contributed by atoms with Crippen LogP contribution in [0.15, 0.2) is 30.5 Å². The molecule has 1 aliphatic rings. The molecule has 2 heterocycles. The number of hydrogen-bond donors (Lipinski definition) is 1. The summed E-state index contributed by atoms with van der Waals surface area (Å²) in [6, 6.07) is 6.62. The summed E-state index contributed by atoms with van der Waals surface area (Å²) in [6.07, 6.45) is 1.68. The van der Waals surface area contributed by atoms with Crippen molar-refractivity contribution in [1.29, 1.82) is 0 Å². The van der Waals surface area contributed by atoms with Gasteiger partial charge in [-0.3, -0.25) is 0 Å². The molecule has 3 rings (SSSR count). The van der Waals surface area contributed by atoms with Gasteiger partial charge in [0.15, 0.2) is 5.82 Å². The van der Waals surface area contributed by atoms with Gasteiger partial charge >= 0.3 is 0 Å². The Labute approximate surface area is 140 Å². The lowest BCUT2D eigenvalue weighted by molar-refractivity contribution is 0.210. The van der Waals surface area contributed by atoms with E-state index in [4.69, 9.17) is 4.74 Å². The lowest BCUT2D eigenvalue weighted by Crippen LogP contribution is -2.47. The predicted molar refractivity (Wildman–Crippen MR) is 91.0 cm³/mol. The highest BCUT2D eigenvalue weighted by molar-refractivity contribution is 5.49. The van der Waals surface area contributed by atoms with Crippen molar-refractivity contribution in [2.75, 3.05) is 61.6 Å². The first-order valence-corrected chi connectivity index (χ1v) is 7.94. The predicted octanol–water partition coefficient (Wildman–Crippen LogP) is 1.40. The Bertz CT molecular complexity index is 645. The average molecular weight is 332 g/mol. The van der Waals surface area contributed by atoms with E-state index < -0.39 is 0 Å². The van der Waals surface area contributed by atoms with Crippen molar-refractivity contribution in [2.24, 2.45) is 0 Å². The summed E-state index contributed by atoms with van der Waals surface area (Å²) in [6.45, 7) is 4.58. The lowest BCUT2D eigenvalue weighted by Gasteiger charge is -2.36. The summed E-state index contributed by atoms with van der Waals surface area (Å²) in [7, 11) is 1.65. The first kappa shape index (κ1) is 16.4. The van der Waals surface area contributed by atoms with Gasteiger partial charge in [-0.25, -0.2) is 4.39 Å². The van der Waals surface area contributed by atoms with E-state index in [1.165, 1.54) is 12.1 Å². The number of methoxy groups -OCH3 is 1. The van der Waals surface area contributed by atoms with Crippen molar-refractivity contribution < 1.29 is 9.13 Å². The smallest absolute Gasteiger partial charge is 0.244 e. The Morgan fingerprint density at radius 3 is 2.54 bits per heavy atom. The zero-order valence-electron chi connectivity index (χ0n) is 13.7. The maximum Gasteiger partial charge on any atom is 0.244 e. The normalized spacial score (nSPS) is 14.8. The summed E-state index contributed by atoms with van der Waals surface area (Å²) in [5.74, 6) is 1.10. The summed E-state index contributed by atoms with van der Waals surface area (Å²) in [5.41, 5.74) is 1.04. The van der Waals surface area contributed by atoms with Gasteiger partial charge in [0.1, 0.15) is 5.82 Å². The van der Waals surface area contributed by atoms with Crippen LogP contribution in [0, 0.1) is 5.82 Å². The molecule has 1 aromatic heterocycles. The first-order valence-electron chi connectivity index (χ1n) is 7.94. The molecule has 0 atom stereocenters. The van der Waals surface area contributed by atoms with E-state index in [2.05, 4.69) is 30.3 Å². The van der Waals surface area contributed by atoms with Crippen LogP contribution >= 0.6 is 0 Å². The number of benzene rings is 1. The minimum Gasteiger partial charge on any atom is -0.383 e. The highest BCUT2D eigenvalue weighted by atomic mass is 19.1. The third-order valence-corrected chi connectivity index (χ3v) is 3.93. The Balaban J connectivity index is 1.58. The summed E-state index contributed by atoms with van der Waals surface area (Å²) >= 11 is 0. The number of rotatable bonds is 6. The van der Waals surface area contributed by atoms with Crippen molar-refractivity contribution >= 4 is 17.5 Å². The van der Waals surface area contributed by atoms with Crippen LogP contribution in [0.1, 0.15) is 0 Å². The third-order valence-electron chi connectivity index (χ3n) is 3.93. The van der Waals surface area contributed by atoms with Gasteiger partial charge in [-0.05, 0) is 24.3 Å². The number of nitrogens with one attached hydrogen (secondary N) is 1. The van der Waals surface area contributed by atoms with Gasteiger partial charge in [-0.2, -0.15) is 10.1 Å². The number of piperazine rings is 1. The van der Waals surface area contributed by atoms with E-state index in [1.807, 2.05) is 12.1 Å². The van der Waals surface area contributed by atoms with Gasteiger partial charge in [0.25, 0.3) is 0 Å². The van der Waals surface area contributed by atoms with E-state index in [0.717, 1.165) is 37.7 Å². The second-order valence-electron chi connectivity index (χ2n) is 5.51. The van der Waals surface area contributed by atoms with E-state index in [1.54, 1.807) is 13.3 Å². The number of hydrogen-bond acceptors (Lipinski definition) is 7. The summed E-state index contributed by atoms with van der Waals surface area (Å²) in [4.78, 5) is 8.91. The van der Waals surface area contributed by atoms with Gasteiger partial charge < -0.3 is 19.9 Å². The van der Waals surface area contributed by atoms with Crippen LogP contribution < -0.4 is 15.1 Å². The largest absolute Gasteiger partial charge is 0.383 e.